The van der Waals surface area contributed by atoms with E-state index in [9.17, 15) is 29.4 Å². The lowest BCUT2D eigenvalue weighted by Crippen LogP contribution is -2.55. The molecule has 1 aliphatic carbocycles. The lowest BCUT2D eigenvalue weighted by Gasteiger charge is -2.38. The number of carbonyl (C=O) groups is 4. The Morgan fingerprint density at radius 3 is 1.77 bits per heavy atom. The predicted molar refractivity (Wildman–Crippen MR) is 335 cm³/mol. The average Bonchev–Trinajstić information content (AvgIpc) is 3.41. The number of allylic oxidation sites excluding steroid dienone is 6. The van der Waals surface area contributed by atoms with Crippen LogP contribution in [-0.2, 0) is 76.0 Å². The zero-order valence-electron chi connectivity index (χ0n) is 54.7. The van der Waals surface area contributed by atoms with Gasteiger partial charge in [0.25, 0.3) is 18.2 Å². The van der Waals surface area contributed by atoms with E-state index in [0.29, 0.717) is 157 Å². The fourth-order valence-corrected chi connectivity index (χ4v) is 11.2. The highest BCUT2D eigenvalue weighted by Crippen LogP contribution is 2.33. The van der Waals surface area contributed by atoms with Crippen molar-refractivity contribution in [1.29, 1.82) is 0 Å². The van der Waals surface area contributed by atoms with Gasteiger partial charge in [0.1, 0.15) is 11.9 Å². The van der Waals surface area contributed by atoms with Gasteiger partial charge >= 0.3 is 0 Å². The number of unbranched alkanes of at least 4 members (excludes halogenated alkanes) is 2. The van der Waals surface area contributed by atoms with Crippen LogP contribution in [0.5, 0.6) is 0 Å². The van der Waals surface area contributed by atoms with E-state index in [-0.39, 0.29) is 54.7 Å². The number of hydrogen-bond acceptors (Lipinski definition) is 18. The van der Waals surface area contributed by atoms with E-state index in [1.54, 1.807) is 7.11 Å². The highest BCUT2D eigenvalue weighted by Gasteiger charge is 2.47. The van der Waals surface area contributed by atoms with Gasteiger partial charge in [-0.25, -0.2) is 0 Å². The van der Waals surface area contributed by atoms with Gasteiger partial charge in [-0.1, -0.05) is 77.0 Å². The van der Waals surface area contributed by atoms with E-state index in [1.807, 2.05) is 51.2 Å². The summed E-state index contributed by atoms with van der Waals surface area (Å²) in [6.07, 6.45) is 26.5. The molecule has 0 aromatic rings. The molecule has 0 spiro atoms. The van der Waals surface area contributed by atoms with Crippen LogP contribution in [0.15, 0.2) is 47.6 Å². The lowest BCUT2D eigenvalue weighted by molar-refractivity contribution is -0.244. The van der Waals surface area contributed by atoms with Gasteiger partial charge < -0.3 is 72.0 Å². The first-order valence-corrected chi connectivity index (χ1v) is 33.2. The molecule has 19 heteroatoms. The van der Waals surface area contributed by atoms with Crippen LogP contribution in [0.25, 0.3) is 0 Å². The molecule has 2 aliphatic heterocycles. The molecule has 1 amide bonds. The average molecular weight is 1240 g/mol. The third-order valence-electron chi connectivity index (χ3n) is 16.6. The predicted octanol–water partition coefficient (Wildman–Crippen LogP) is 9.85. The minimum absolute atomic E-state index is 0.0226. The number of aliphatic hydroxyl groups is 2. The van der Waals surface area contributed by atoms with Gasteiger partial charge in [0, 0.05) is 52.0 Å². The summed E-state index contributed by atoms with van der Waals surface area (Å²) in [4.78, 5) is 52.2. The molecular formula is C68H117NO18. The van der Waals surface area contributed by atoms with Crippen molar-refractivity contribution in [2.75, 3.05) is 133 Å². The molecular weight excluding hydrogens is 1120 g/mol. The van der Waals surface area contributed by atoms with Gasteiger partial charge in [-0.05, 0) is 139 Å². The minimum Gasteiger partial charge on any atom is -0.465 e. The number of methoxy groups -OCH3 is 1. The van der Waals surface area contributed by atoms with Gasteiger partial charge in [-0.15, -0.1) is 0 Å². The smallest absolute Gasteiger partial charge is 0.295 e. The van der Waals surface area contributed by atoms with Crippen molar-refractivity contribution >= 4 is 23.9 Å². The molecule has 0 bridgehead atoms. The van der Waals surface area contributed by atoms with Gasteiger partial charge in [-0.2, -0.15) is 0 Å². The largest absolute Gasteiger partial charge is 0.465 e. The Bertz CT molecular complexity index is 1920. The van der Waals surface area contributed by atoms with Crippen molar-refractivity contribution in [3.05, 3.63) is 47.6 Å². The SMILES string of the molecule is CCCCCOCCOCCOCCOCCOCCOCCOCCOCCOC1CCC(CCC(CCC(C)/C=C(\C)C(O)CC(=O)C(C)CC(C)/C=C/C=C/C=C(\C)C(CC2CCC[C@](O)(C(=O)C(=O)N3CCCCC3)O2)OC)OC=O)CC1. The molecule has 7 unspecified atom stereocenters. The van der Waals surface area contributed by atoms with E-state index in [1.165, 1.54) is 17.7 Å². The molecule has 3 aliphatic rings. The number of nitrogens with zero attached hydrogens (tertiary/aromatic N) is 1. The summed E-state index contributed by atoms with van der Waals surface area (Å²) < 4.78 is 67.9. The number of ether oxygens (including phenoxy) is 12. The summed E-state index contributed by atoms with van der Waals surface area (Å²) >= 11 is 0. The van der Waals surface area contributed by atoms with Crippen LogP contribution < -0.4 is 0 Å². The summed E-state index contributed by atoms with van der Waals surface area (Å²) in [5, 5.41) is 22.2. The Morgan fingerprint density at radius 2 is 1.22 bits per heavy atom. The maximum absolute atomic E-state index is 13.3. The van der Waals surface area contributed by atoms with Crippen LogP contribution in [0.1, 0.15) is 170 Å². The summed E-state index contributed by atoms with van der Waals surface area (Å²) in [6, 6.07) is 0. The number of aliphatic hydroxyl groups excluding tert-OH is 1. The normalized spacial score (nSPS) is 21.9. The van der Waals surface area contributed by atoms with Crippen LogP contribution in [0.4, 0.5) is 0 Å². The van der Waals surface area contributed by atoms with E-state index in [0.717, 1.165) is 94.8 Å². The van der Waals surface area contributed by atoms with E-state index < -0.39 is 29.7 Å². The van der Waals surface area contributed by atoms with Crippen molar-refractivity contribution < 1.29 is 86.2 Å². The van der Waals surface area contributed by atoms with Crippen LogP contribution in [0.2, 0.25) is 0 Å². The number of piperidine rings is 1. The standard InChI is InChI=1S/C68H117NO18/c1-8-9-16-32-77-33-34-78-35-36-79-37-38-80-39-40-81-41-42-82-43-44-83-45-46-84-47-48-85-60-26-22-59(23-27-60)24-28-61(86-53-70)25-21-55(3)50-58(6)64(72)52-63(71)57(5)49-54(2)18-12-10-13-19-56(4)65(76-7)51-62-20-17-29-68(75,87-62)66(73)67(74)69-30-14-11-15-31-69/h10,12-13,18-19,50,53-55,57,59-62,64-65,72,75H,8-9,11,14-17,20-49,51-52H2,1-7H3/b13-10+,18-12+,56-19+,58-50+/t54?,55?,57?,59?,60?,61?,62?,64?,65?,68-/m1/s1. The van der Waals surface area contributed by atoms with Crippen molar-refractivity contribution in [1.82, 2.24) is 4.90 Å². The quantitative estimate of drug-likeness (QED) is 0.0190. The molecule has 502 valence electrons. The highest BCUT2D eigenvalue weighted by molar-refractivity contribution is 6.38. The summed E-state index contributed by atoms with van der Waals surface area (Å²) in [6.45, 7) is 22.9. The van der Waals surface area contributed by atoms with Crippen LogP contribution >= 0.6 is 0 Å². The maximum Gasteiger partial charge on any atom is 0.295 e. The zero-order valence-corrected chi connectivity index (χ0v) is 54.7. The molecule has 3 fully saturated rings. The van der Waals surface area contributed by atoms with Gasteiger partial charge in [-0.3, -0.25) is 19.2 Å². The molecule has 19 nitrogen and oxygen atoms in total. The van der Waals surface area contributed by atoms with Gasteiger partial charge in [0.05, 0.1) is 130 Å². The molecule has 3 rings (SSSR count). The minimum atomic E-state index is -2.11. The topological polar surface area (TPSA) is 223 Å². The lowest BCUT2D eigenvalue weighted by atomic mass is 9.83. The first-order chi connectivity index (χ1) is 42.2. The second-order valence-corrected chi connectivity index (χ2v) is 24.1. The number of carbonyl (C=O) groups excluding carboxylic acids is 4. The molecule has 0 radical (unpaired) electrons. The van der Waals surface area contributed by atoms with E-state index in [4.69, 9.17) is 56.8 Å². The monoisotopic (exact) mass is 1240 g/mol. The molecule has 1 saturated carbocycles. The van der Waals surface area contributed by atoms with E-state index in [2.05, 4.69) is 26.8 Å². The molecule has 2 heterocycles. The first kappa shape index (κ1) is 78.0. The molecule has 2 saturated heterocycles. The Hall–Kier alpha value is -3.28. The second kappa shape index (κ2) is 49.4. The number of amides is 1. The van der Waals surface area contributed by atoms with Crippen molar-refractivity contribution in [3.63, 3.8) is 0 Å². The summed E-state index contributed by atoms with van der Waals surface area (Å²) in [5.41, 5.74) is 1.72. The van der Waals surface area contributed by atoms with Crippen molar-refractivity contribution in [2.45, 2.75) is 206 Å². The molecule has 0 aromatic heterocycles. The van der Waals surface area contributed by atoms with Gasteiger partial charge in [0.15, 0.2) is 0 Å². The van der Waals surface area contributed by atoms with Crippen molar-refractivity contribution in [3.8, 4) is 0 Å². The third kappa shape index (κ3) is 36.4. The number of rotatable bonds is 53. The third-order valence-corrected chi connectivity index (χ3v) is 16.6. The van der Waals surface area contributed by atoms with E-state index >= 15 is 0 Å². The molecule has 87 heavy (non-hydrogen) atoms. The molecule has 0 aromatic carbocycles. The van der Waals surface area contributed by atoms with Crippen LogP contribution in [0.3, 0.4) is 0 Å². The van der Waals surface area contributed by atoms with Crippen LogP contribution in [-0.4, -0.2) is 208 Å². The Balaban J connectivity index is 1.17. The first-order valence-electron chi connectivity index (χ1n) is 33.2. The molecule has 2 N–H and O–H groups in total. The number of Topliss-reactive ketones (excluding diaryl/α,β-unsaturated/α-hetero) is 2. The van der Waals surface area contributed by atoms with Crippen LogP contribution in [0, 0.1) is 23.7 Å². The second-order valence-electron chi connectivity index (χ2n) is 24.1. The number of hydrogen-bond donors (Lipinski definition) is 2. The van der Waals surface area contributed by atoms with Gasteiger partial charge in [0.2, 0.25) is 5.79 Å². The number of likely N-dealkylation sites (tertiary alicyclic amines) is 1. The van der Waals surface area contributed by atoms with Crippen molar-refractivity contribution in [2.24, 2.45) is 23.7 Å². The fourth-order valence-electron chi connectivity index (χ4n) is 11.2. The fraction of sp³-hybridized carbons (Fsp3) is 0.824. The summed E-state index contributed by atoms with van der Waals surface area (Å²) in [7, 11) is 1.62. The molecule has 8 atom stereocenters. The maximum atomic E-state index is 13.3. The zero-order chi connectivity index (χ0) is 63.2. The Morgan fingerprint density at radius 1 is 0.655 bits per heavy atom. The summed E-state index contributed by atoms with van der Waals surface area (Å²) in [5.74, 6) is -3.02. The number of ketones is 2. The Labute approximate surface area is 523 Å². The highest BCUT2D eigenvalue weighted by atomic mass is 16.6. The Kier molecular flexibility index (Phi) is 44.3.